The molecule has 2 aromatic carbocycles. The molecule has 1 saturated heterocycles. The maximum absolute atomic E-state index is 15.6. The molecule has 6 rings (SSSR count). The third-order valence-electron chi connectivity index (χ3n) is 6.95. The zero-order valence-corrected chi connectivity index (χ0v) is 15.7. The van der Waals surface area contributed by atoms with Crippen LogP contribution in [0, 0.1) is 17.0 Å². The van der Waals surface area contributed by atoms with E-state index in [0.717, 1.165) is 17.7 Å². The molecule has 2 nitrogen and oxygen atoms in total. The monoisotopic (exact) mass is 428 g/mol. The lowest BCUT2D eigenvalue weighted by Crippen LogP contribution is -2.74. The maximum Gasteiger partial charge on any atom is 0.345 e. The maximum atomic E-state index is 15.6. The second-order valence-electron chi connectivity index (χ2n) is 8.67. The second kappa shape index (κ2) is 6.23. The fourth-order valence-electron chi connectivity index (χ4n) is 5.36. The molecule has 3 aliphatic carbocycles. The van der Waals surface area contributed by atoms with Crippen LogP contribution in [-0.2, 0) is 27.1 Å². The van der Waals surface area contributed by atoms with Crippen LogP contribution in [0.2, 0.25) is 0 Å². The molecule has 4 aliphatic rings. The number of ether oxygens (including phenoxy) is 2. The van der Waals surface area contributed by atoms with Gasteiger partial charge in [-0.25, -0.2) is 17.6 Å². The van der Waals surface area contributed by atoms with Crippen LogP contribution in [0.25, 0.3) is 0 Å². The quantitative estimate of drug-likeness (QED) is 0.418. The molecule has 2 bridgehead atoms. The minimum absolute atomic E-state index is 0.226. The summed E-state index contributed by atoms with van der Waals surface area (Å²) in [6, 6.07) is 9.42. The van der Waals surface area contributed by atoms with E-state index >= 15 is 8.78 Å². The lowest BCUT2D eigenvalue weighted by atomic mass is 9.31. The summed E-state index contributed by atoms with van der Waals surface area (Å²) >= 11 is 0. The zero-order chi connectivity index (χ0) is 21.4. The molecule has 1 aliphatic heterocycles. The van der Waals surface area contributed by atoms with Crippen molar-refractivity contribution >= 4 is 0 Å². The van der Waals surface area contributed by atoms with Crippen molar-refractivity contribution in [2.75, 3.05) is 6.61 Å². The van der Waals surface area contributed by atoms with E-state index in [9.17, 15) is 17.6 Å². The Kier molecular flexibility index (Phi) is 4.13. The van der Waals surface area contributed by atoms with Gasteiger partial charge in [0.05, 0.1) is 13.2 Å². The summed E-state index contributed by atoms with van der Waals surface area (Å²) in [6.07, 6.45) is 0.690. The first-order valence-electron chi connectivity index (χ1n) is 9.60. The van der Waals surface area contributed by atoms with Crippen molar-refractivity contribution in [3.05, 3.63) is 70.8 Å². The molecule has 0 radical (unpaired) electrons. The molecular formula is C22H18F6O2. The van der Waals surface area contributed by atoms with Gasteiger partial charge in [-0.05, 0) is 47.9 Å². The van der Waals surface area contributed by atoms with Crippen molar-refractivity contribution in [3.63, 3.8) is 0 Å². The van der Waals surface area contributed by atoms with E-state index in [4.69, 9.17) is 4.74 Å². The van der Waals surface area contributed by atoms with Crippen molar-refractivity contribution in [1.82, 2.24) is 0 Å². The molecule has 0 amide bonds. The number of halogens is 6. The van der Waals surface area contributed by atoms with Gasteiger partial charge in [-0.2, -0.15) is 8.78 Å². The van der Waals surface area contributed by atoms with E-state index < -0.39 is 35.2 Å². The standard InChI is InChI=1S/C22H18F6O2/c23-15-5-6-16(17(24)7-15)21(12-30-21)22(27,28)20-9-19(10-20,11-20)14-3-1-13(2-4-14)8-29-18(25)26/h1-7,18H,8-12H2. The van der Waals surface area contributed by atoms with Crippen LogP contribution in [0.5, 0.6) is 0 Å². The molecule has 2 aromatic rings. The summed E-state index contributed by atoms with van der Waals surface area (Å²) in [5, 5.41) is 0. The SMILES string of the molecule is Fc1ccc(C2(C(F)(F)C34CC(c5ccc(COC(F)F)cc5)(C3)C4)CO2)c(F)c1. The molecule has 3 saturated carbocycles. The van der Waals surface area contributed by atoms with Gasteiger partial charge in [0.25, 0.3) is 5.92 Å². The van der Waals surface area contributed by atoms with E-state index in [1.165, 1.54) is 0 Å². The van der Waals surface area contributed by atoms with Gasteiger partial charge in [0, 0.05) is 17.0 Å². The Balaban J connectivity index is 1.33. The fourth-order valence-corrected chi connectivity index (χ4v) is 5.36. The van der Waals surface area contributed by atoms with Gasteiger partial charge in [-0.3, -0.25) is 0 Å². The molecule has 8 heteroatoms. The predicted octanol–water partition coefficient (Wildman–Crippen LogP) is 5.69. The first-order valence-corrected chi connectivity index (χ1v) is 9.60. The molecule has 1 unspecified atom stereocenters. The Hall–Kier alpha value is -2.06. The smallest absolute Gasteiger partial charge is 0.345 e. The van der Waals surface area contributed by atoms with Gasteiger partial charge in [-0.1, -0.05) is 24.3 Å². The van der Waals surface area contributed by atoms with Crippen molar-refractivity contribution in [2.24, 2.45) is 5.41 Å². The minimum Gasteiger partial charge on any atom is -0.358 e. The molecule has 1 atom stereocenters. The number of alkyl halides is 4. The van der Waals surface area contributed by atoms with E-state index in [-0.39, 0.29) is 43.5 Å². The van der Waals surface area contributed by atoms with Gasteiger partial charge < -0.3 is 9.47 Å². The summed E-state index contributed by atoms with van der Waals surface area (Å²) in [7, 11) is 0. The first kappa shape index (κ1) is 19.9. The Morgan fingerprint density at radius 3 is 2.17 bits per heavy atom. The lowest BCUT2D eigenvalue weighted by Gasteiger charge is -2.73. The van der Waals surface area contributed by atoms with Gasteiger partial charge >= 0.3 is 6.61 Å². The summed E-state index contributed by atoms with van der Waals surface area (Å²) in [5.41, 5.74) is -2.59. The largest absolute Gasteiger partial charge is 0.358 e. The summed E-state index contributed by atoms with van der Waals surface area (Å²) in [6.45, 7) is -3.39. The van der Waals surface area contributed by atoms with Crippen molar-refractivity contribution in [3.8, 4) is 0 Å². The third-order valence-corrected chi connectivity index (χ3v) is 6.95. The van der Waals surface area contributed by atoms with Gasteiger partial charge in [0.2, 0.25) is 0 Å². The average Bonchev–Trinajstić information content (AvgIpc) is 3.40. The van der Waals surface area contributed by atoms with E-state index in [2.05, 4.69) is 4.74 Å². The van der Waals surface area contributed by atoms with Crippen LogP contribution in [0.15, 0.2) is 42.5 Å². The summed E-state index contributed by atoms with van der Waals surface area (Å²) < 4.78 is 92.2. The van der Waals surface area contributed by atoms with Crippen LogP contribution in [0.1, 0.15) is 36.0 Å². The van der Waals surface area contributed by atoms with Crippen LogP contribution in [0.3, 0.4) is 0 Å². The molecule has 0 spiro atoms. The molecular weight excluding hydrogens is 410 g/mol. The predicted molar refractivity (Wildman–Crippen MR) is 94.1 cm³/mol. The number of epoxide rings is 1. The highest BCUT2D eigenvalue weighted by Gasteiger charge is 2.85. The Morgan fingerprint density at radius 1 is 1.00 bits per heavy atom. The number of benzene rings is 2. The minimum atomic E-state index is -3.30. The van der Waals surface area contributed by atoms with E-state index in [1.807, 2.05) is 0 Å². The van der Waals surface area contributed by atoms with Crippen LogP contribution < -0.4 is 0 Å². The highest BCUT2D eigenvalue weighted by molar-refractivity contribution is 5.45. The lowest BCUT2D eigenvalue weighted by molar-refractivity contribution is -0.306. The molecule has 0 N–H and O–H groups in total. The van der Waals surface area contributed by atoms with Gasteiger partial charge in [0.15, 0.2) is 5.60 Å². The second-order valence-corrected chi connectivity index (χ2v) is 8.67. The topological polar surface area (TPSA) is 21.8 Å². The van der Waals surface area contributed by atoms with Crippen LogP contribution in [0.4, 0.5) is 26.3 Å². The van der Waals surface area contributed by atoms with Crippen molar-refractivity contribution < 1.29 is 35.8 Å². The number of rotatable bonds is 7. The summed E-state index contributed by atoms with van der Waals surface area (Å²) in [4.78, 5) is 0. The van der Waals surface area contributed by atoms with Crippen LogP contribution >= 0.6 is 0 Å². The first-order chi connectivity index (χ1) is 14.1. The van der Waals surface area contributed by atoms with Gasteiger partial charge in [0.1, 0.15) is 11.6 Å². The normalized spacial score (nSPS) is 32.0. The highest BCUT2D eigenvalue weighted by atomic mass is 19.3. The Bertz CT molecular complexity index is 964. The number of hydrogen-bond donors (Lipinski definition) is 0. The molecule has 1 heterocycles. The Morgan fingerprint density at radius 2 is 1.63 bits per heavy atom. The average molecular weight is 428 g/mol. The van der Waals surface area contributed by atoms with E-state index in [1.54, 1.807) is 24.3 Å². The Labute approximate surface area is 168 Å². The fraction of sp³-hybridized carbons (Fsp3) is 0.455. The van der Waals surface area contributed by atoms with Crippen molar-refractivity contribution in [2.45, 2.75) is 49.4 Å². The molecule has 30 heavy (non-hydrogen) atoms. The zero-order valence-electron chi connectivity index (χ0n) is 15.7. The third kappa shape index (κ3) is 2.59. The highest BCUT2D eigenvalue weighted by Crippen LogP contribution is 2.81. The molecule has 0 aromatic heterocycles. The van der Waals surface area contributed by atoms with Crippen molar-refractivity contribution in [1.29, 1.82) is 0 Å². The molecule has 4 fully saturated rings. The molecule has 160 valence electrons. The summed E-state index contributed by atoms with van der Waals surface area (Å²) in [5.74, 6) is -5.16. The number of hydrogen-bond acceptors (Lipinski definition) is 2. The van der Waals surface area contributed by atoms with Crippen LogP contribution in [-0.4, -0.2) is 19.1 Å². The van der Waals surface area contributed by atoms with Gasteiger partial charge in [-0.15, -0.1) is 0 Å². The van der Waals surface area contributed by atoms with E-state index in [0.29, 0.717) is 11.6 Å².